The van der Waals surface area contributed by atoms with Crippen molar-refractivity contribution in [3.05, 3.63) is 11.7 Å². The van der Waals surface area contributed by atoms with E-state index in [0.717, 1.165) is 63.0 Å². The lowest BCUT2D eigenvalue weighted by molar-refractivity contribution is 0.194. The van der Waals surface area contributed by atoms with E-state index in [-0.39, 0.29) is 0 Å². The Labute approximate surface area is 102 Å². The van der Waals surface area contributed by atoms with Gasteiger partial charge in [-0.2, -0.15) is 4.98 Å². The number of aryl methyl sites for hydroxylation is 2. The van der Waals surface area contributed by atoms with Crippen molar-refractivity contribution in [2.24, 2.45) is 5.92 Å². The summed E-state index contributed by atoms with van der Waals surface area (Å²) in [6.07, 6.45) is 5.11. The van der Waals surface area contributed by atoms with Crippen LogP contribution in [0.1, 0.15) is 31.0 Å². The first-order valence-electron chi connectivity index (χ1n) is 6.39. The summed E-state index contributed by atoms with van der Waals surface area (Å²) in [5, 5.41) is 7.34. The van der Waals surface area contributed by atoms with E-state index in [9.17, 15) is 0 Å². The Balaban J connectivity index is 1.69. The first-order chi connectivity index (χ1) is 8.38. The Bertz CT molecular complexity index is 321. The van der Waals surface area contributed by atoms with Gasteiger partial charge in [0.2, 0.25) is 5.89 Å². The molecule has 1 fully saturated rings. The number of nitrogens with one attached hydrogen (secondary N) is 1. The number of aromatic nitrogens is 2. The lowest BCUT2D eigenvalue weighted by Gasteiger charge is -2.03. The molecule has 1 aliphatic rings. The predicted molar refractivity (Wildman–Crippen MR) is 63.8 cm³/mol. The third-order valence-corrected chi connectivity index (χ3v) is 3.19. The minimum Gasteiger partial charge on any atom is -0.385 e. The molecule has 1 aromatic rings. The molecule has 1 unspecified atom stereocenters. The predicted octanol–water partition coefficient (Wildman–Crippen LogP) is 1.19. The van der Waals surface area contributed by atoms with Crippen molar-refractivity contribution in [3.8, 4) is 0 Å². The molecule has 17 heavy (non-hydrogen) atoms. The van der Waals surface area contributed by atoms with E-state index >= 15 is 0 Å². The Morgan fingerprint density at radius 3 is 3.18 bits per heavy atom. The van der Waals surface area contributed by atoms with Gasteiger partial charge < -0.3 is 14.6 Å². The third kappa shape index (κ3) is 4.09. The van der Waals surface area contributed by atoms with E-state index in [0.29, 0.717) is 0 Å². The Morgan fingerprint density at radius 2 is 2.41 bits per heavy atom. The third-order valence-electron chi connectivity index (χ3n) is 3.19. The van der Waals surface area contributed by atoms with Crippen molar-refractivity contribution < 1.29 is 9.26 Å². The molecule has 5 heteroatoms. The van der Waals surface area contributed by atoms with Crippen LogP contribution in [0.4, 0.5) is 0 Å². The van der Waals surface area contributed by atoms with Crippen LogP contribution in [0, 0.1) is 5.92 Å². The fourth-order valence-electron chi connectivity index (χ4n) is 2.16. The SMILES string of the molecule is COCCCc1noc(CCC2CCNC2)n1. The summed E-state index contributed by atoms with van der Waals surface area (Å²) in [7, 11) is 1.71. The summed E-state index contributed by atoms with van der Waals surface area (Å²) in [5.41, 5.74) is 0. The monoisotopic (exact) mass is 239 g/mol. The summed E-state index contributed by atoms with van der Waals surface area (Å²) >= 11 is 0. The second kappa shape index (κ2) is 6.71. The molecule has 2 rings (SSSR count). The molecule has 0 bridgehead atoms. The topological polar surface area (TPSA) is 60.2 Å². The molecule has 1 atom stereocenters. The molecule has 5 nitrogen and oxygen atoms in total. The smallest absolute Gasteiger partial charge is 0.226 e. The van der Waals surface area contributed by atoms with Crippen LogP contribution in [0.5, 0.6) is 0 Å². The molecule has 1 saturated heterocycles. The molecule has 0 amide bonds. The molecule has 0 aromatic carbocycles. The number of hydrogen-bond acceptors (Lipinski definition) is 5. The maximum atomic E-state index is 5.23. The molecule has 1 aliphatic heterocycles. The first-order valence-corrected chi connectivity index (χ1v) is 6.39. The fraction of sp³-hybridized carbons (Fsp3) is 0.833. The minimum absolute atomic E-state index is 0.748. The Kier molecular flexibility index (Phi) is 4.94. The molecular formula is C12H21N3O2. The van der Waals surface area contributed by atoms with Crippen LogP contribution in [0.3, 0.4) is 0 Å². The van der Waals surface area contributed by atoms with Gasteiger partial charge in [-0.15, -0.1) is 0 Å². The summed E-state index contributed by atoms with van der Waals surface area (Å²) in [4.78, 5) is 4.39. The van der Waals surface area contributed by atoms with Gasteiger partial charge in [-0.3, -0.25) is 0 Å². The van der Waals surface area contributed by atoms with Crippen LogP contribution in [0.15, 0.2) is 4.52 Å². The summed E-state index contributed by atoms with van der Waals surface area (Å²) in [6.45, 7) is 3.03. The van der Waals surface area contributed by atoms with Crippen molar-refractivity contribution in [2.45, 2.75) is 32.1 Å². The highest BCUT2D eigenvalue weighted by Gasteiger charge is 2.15. The minimum atomic E-state index is 0.748. The molecule has 0 aliphatic carbocycles. The summed E-state index contributed by atoms with van der Waals surface area (Å²) < 4.78 is 10.2. The fourth-order valence-corrected chi connectivity index (χ4v) is 2.16. The largest absolute Gasteiger partial charge is 0.385 e. The van der Waals surface area contributed by atoms with Crippen LogP contribution >= 0.6 is 0 Å². The van der Waals surface area contributed by atoms with Gasteiger partial charge in [0.15, 0.2) is 5.82 Å². The zero-order chi connectivity index (χ0) is 11.9. The van der Waals surface area contributed by atoms with Gasteiger partial charge in [0, 0.05) is 26.6 Å². The van der Waals surface area contributed by atoms with Gasteiger partial charge in [-0.25, -0.2) is 0 Å². The van der Waals surface area contributed by atoms with Crippen molar-refractivity contribution in [3.63, 3.8) is 0 Å². The van der Waals surface area contributed by atoms with Crippen LogP contribution in [-0.2, 0) is 17.6 Å². The molecule has 0 saturated carbocycles. The average molecular weight is 239 g/mol. The lowest BCUT2D eigenvalue weighted by Crippen LogP contribution is -2.09. The highest BCUT2D eigenvalue weighted by atomic mass is 16.5. The van der Waals surface area contributed by atoms with E-state index in [2.05, 4.69) is 15.5 Å². The molecular weight excluding hydrogens is 218 g/mol. The van der Waals surface area contributed by atoms with Gasteiger partial charge in [0.1, 0.15) is 0 Å². The zero-order valence-electron chi connectivity index (χ0n) is 10.4. The molecule has 0 spiro atoms. The van der Waals surface area contributed by atoms with Crippen LogP contribution < -0.4 is 5.32 Å². The van der Waals surface area contributed by atoms with E-state index in [4.69, 9.17) is 9.26 Å². The summed E-state index contributed by atoms with van der Waals surface area (Å²) in [6, 6.07) is 0. The van der Waals surface area contributed by atoms with Crippen LogP contribution in [0.25, 0.3) is 0 Å². The standard InChI is InChI=1S/C12H21N3O2/c1-16-8-2-3-11-14-12(17-15-11)5-4-10-6-7-13-9-10/h10,13H,2-9H2,1H3. The number of hydrogen-bond donors (Lipinski definition) is 1. The maximum Gasteiger partial charge on any atom is 0.226 e. The van der Waals surface area contributed by atoms with Gasteiger partial charge in [-0.05, 0) is 38.3 Å². The van der Waals surface area contributed by atoms with E-state index in [1.54, 1.807) is 7.11 Å². The van der Waals surface area contributed by atoms with Gasteiger partial charge in [-0.1, -0.05) is 5.16 Å². The van der Waals surface area contributed by atoms with Crippen molar-refractivity contribution >= 4 is 0 Å². The Hall–Kier alpha value is -0.940. The van der Waals surface area contributed by atoms with Crippen LogP contribution in [-0.4, -0.2) is 36.9 Å². The molecule has 0 radical (unpaired) electrons. The molecule has 2 heterocycles. The zero-order valence-corrected chi connectivity index (χ0v) is 10.4. The number of methoxy groups -OCH3 is 1. The second-order valence-electron chi connectivity index (χ2n) is 4.60. The average Bonchev–Trinajstić information content (AvgIpc) is 2.98. The van der Waals surface area contributed by atoms with Crippen molar-refractivity contribution in [1.29, 1.82) is 0 Å². The number of rotatable bonds is 7. The summed E-state index contributed by atoms with van der Waals surface area (Å²) in [5.74, 6) is 2.37. The molecule has 1 aromatic heterocycles. The quantitative estimate of drug-likeness (QED) is 0.724. The van der Waals surface area contributed by atoms with Gasteiger partial charge in [0.05, 0.1) is 0 Å². The molecule has 96 valence electrons. The van der Waals surface area contributed by atoms with E-state index in [1.165, 1.54) is 6.42 Å². The first kappa shape index (κ1) is 12.5. The van der Waals surface area contributed by atoms with Gasteiger partial charge >= 0.3 is 0 Å². The van der Waals surface area contributed by atoms with Crippen molar-refractivity contribution in [2.75, 3.05) is 26.8 Å². The molecule has 1 N–H and O–H groups in total. The maximum absolute atomic E-state index is 5.23. The highest BCUT2D eigenvalue weighted by Crippen LogP contribution is 2.15. The Morgan fingerprint density at radius 1 is 1.47 bits per heavy atom. The number of ether oxygens (including phenoxy) is 1. The lowest BCUT2D eigenvalue weighted by atomic mass is 10.0. The van der Waals surface area contributed by atoms with E-state index < -0.39 is 0 Å². The number of nitrogens with zero attached hydrogens (tertiary/aromatic N) is 2. The highest BCUT2D eigenvalue weighted by molar-refractivity contribution is 4.87. The van der Waals surface area contributed by atoms with Gasteiger partial charge in [0.25, 0.3) is 0 Å². The normalized spacial score (nSPS) is 19.9. The van der Waals surface area contributed by atoms with Crippen LogP contribution in [0.2, 0.25) is 0 Å². The van der Waals surface area contributed by atoms with Crippen molar-refractivity contribution in [1.82, 2.24) is 15.5 Å². The second-order valence-corrected chi connectivity index (χ2v) is 4.60. The van der Waals surface area contributed by atoms with E-state index in [1.807, 2.05) is 0 Å².